The summed E-state index contributed by atoms with van der Waals surface area (Å²) in [6.45, 7) is 4.30. The van der Waals surface area contributed by atoms with E-state index in [1.54, 1.807) is 6.20 Å². The third-order valence-electron chi connectivity index (χ3n) is 3.71. The fourth-order valence-corrected chi connectivity index (χ4v) is 2.66. The lowest BCUT2D eigenvalue weighted by Crippen LogP contribution is -2.32. The number of halogens is 1. The van der Waals surface area contributed by atoms with Crippen LogP contribution in [-0.4, -0.2) is 34.6 Å². The number of rotatable bonds is 3. The monoisotopic (exact) mass is 273 g/mol. The fourth-order valence-electron chi connectivity index (χ4n) is 2.66. The SMILES string of the molecule is C=CC(=N)c1cnc2n([C@@H]3CCOC[C@@H]3F)cccc1-2. The van der Waals surface area contributed by atoms with Crippen LogP contribution in [0.4, 0.5) is 4.39 Å². The molecule has 3 aliphatic rings. The zero-order chi connectivity index (χ0) is 14.1. The number of hydrogen-bond acceptors (Lipinski definition) is 3. The minimum atomic E-state index is -1.03. The van der Waals surface area contributed by atoms with E-state index in [4.69, 9.17) is 10.1 Å². The lowest BCUT2D eigenvalue weighted by atomic mass is 10.0. The van der Waals surface area contributed by atoms with Crippen LogP contribution in [0, 0.1) is 5.41 Å². The Labute approximate surface area is 116 Å². The van der Waals surface area contributed by atoms with Gasteiger partial charge in [-0.25, -0.2) is 9.37 Å². The summed E-state index contributed by atoms with van der Waals surface area (Å²) < 4.78 is 21.1. The highest BCUT2D eigenvalue weighted by Crippen LogP contribution is 2.32. The predicted octanol–water partition coefficient (Wildman–Crippen LogP) is 2.84. The van der Waals surface area contributed by atoms with Gasteiger partial charge in [0.1, 0.15) is 12.0 Å². The van der Waals surface area contributed by atoms with Crippen LogP contribution in [0.3, 0.4) is 0 Å². The molecule has 0 unspecified atom stereocenters. The van der Waals surface area contributed by atoms with Gasteiger partial charge in [-0.3, -0.25) is 0 Å². The van der Waals surface area contributed by atoms with Crippen LogP contribution in [0.25, 0.3) is 11.4 Å². The second kappa shape index (κ2) is 5.17. The van der Waals surface area contributed by atoms with E-state index in [1.807, 2.05) is 22.9 Å². The van der Waals surface area contributed by atoms with Gasteiger partial charge < -0.3 is 14.7 Å². The summed E-state index contributed by atoms with van der Waals surface area (Å²) in [7, 11) is 0. The average molecular weight is 273 g/mol. The van der Waals surface area contributed by atoms with Gasteiger partial charge in [0.05, 0.1) is 18.4 Å². The van der Waals surface area contributed by atoms with E-state index in [0.29, 0.717) is 24.6 Å². The van der Waals surface area contributed by atoms with E-state index in [1.165, 1.54) is 6.08 Å². The first-order chi connectivity index (χ1) is 9.72. The van der Waals surface area contributed by atoms with E-state index in [9.17, 15) is 4.39 Å². The fraction of sp³-hybridized carbons (Fsp3) is 0.333. The molecule has 20 heavy (non-hydrogen) atoms. The Bertz CT molecular complexity index is 622. The highest BCUT2D eigenvalue weighted by Gasteiger charge is 2.29. The standard InChI is InChI=1S/C15H16FN3O/c1-2-13(17)11-8-18-15-10(11)4-3-6-19(15)14-5-7-20-9-12(14)16/h2-4,6,8,12,14,17H,1,5,7,9H2/t12-,14+/m0/s1. The summed E-state index contributed by atoms with van der Waals surface area (Å²) in [5.74, 6) is 0.712. The molecule has 0 aromatic heterocycles. The van der Waals surface area contributed by atoms with Gasteiger partial charge >= 0.3 is 0 Å². The highest BCUT2D eigenvalue weighted by molar-refractivity contribution is 6.10. The second-order valence-corrected chi connectivity index (χ2v) is 4.89. The van der Waals surface area contributed by atoms with Crippen LogP contribution in [-0.2, 0) is 4.74 Å². The number of pyridine rings is 1. The number of aromatic nitrogens is 2. The third-order valence-corrected chi connectivity index (χ3v) is 3.71. The van der Waals surface area contributed by atoms with Crippen LogP contribution in [0.1, 0.15) is 18.0 Å². The predicted molar refractivity (Wildman–Crippen MR) is 75.2 cm³/mol. The smallest absolute Gasteiger partial charge is 0.144 e. The lowest BCUT2D eigenvalue weighted by molar-refractivity contribution is 0.00346. The van der Waals surface area contributed by atoms with Crippen molar-refractivity contribution in [1.29, 1.82) is 5.41 Å². The molecule has 4 nitrogen and oxygen atoms in total. The molecule has 0 aliphatic carbocycles. The maximum atomic E-state index is 14.1. The molecular formula is C15H16FN3O. The Morgan fingerprint density at radius 1 is 1.60 bits per heavy atom. The Morgan fingerprint density at radius 2 is 2.45 bits per heavy atom. The molecule has 0 radical (unpaired) electrons. The number of nitrogens with zero attached hydrogens (tertiary/aromatic N) is 2. The summed E-state index contributed by atoms with van der Waals surface area (Å²) in [5, 5.41) is 7.87. The van der Waals surface area contributed by atoms with Crippen molar-refractivity contribution >= 4 is 5.71 Å². The quantitative estimate of drug-likeness (QED) is 0.874. The lowest BCUT2D eigenvalue weighted by Gasteiger charge is -2.29. The van der Waals surface area contributed by atoms with Crippen molar-refractivity contribution in [1.82, 2.24) is 9.55 Å². The Morgan fingerprint density at radius 3 is 3.20 bits per heavy atom. The number of allylic oxidation sites excluding steroid dienone is 1. The third kappa shape index (κ3) is 2.04. The number of fused-ring (bicyclic) bond motifs is 1. The molecular weight excluding hydrogens is 257 g/mol. The van der Waals surface area contributed by atoms with Gasteiger partial charge in [-0.05, 0) is 24.6 Å². The average Bonchev–Trinajstić information content (AvgIpc) is 2.91. The molecule has 0 spiro atoms. The molecule has 1 N–H and O–H groups in total. The van der Waals surface area contributed by atoms with Crippen molar-refractivity contribution in [3.63, 3.8) is 0 Å². The van der Waals surface area contributed by atoms with Crippen LogP contribution in [0.2, 0.25) is 0 Å². The van der Waals surface area contributed by atoms with Crippen molar-refractivity contribution in [3.05, 3.63) is 42.7 Å². The summed E-state index contributed by atoms with van der Waals surface area (Å²) in [5.41, 5.74) is 1.91. The summed E-state index contributed by atoms with van der Waals surface area (Å²) in [6.07, 6.45) is 4.58. The van der Waals surface area contributed by atoms with Gasteiger partial charge in [-0.2, -0.15) is 0 Å². The molecule has 104 valence electrons. The maximum Gasteiger partial charge on any atom is 0.144 e. The minimum absolute atomic E-state index is 0.129. The first kappa shape index (κ1) is 13.0. The Kier molecular flexibility index (Phi) is 3.36. The van der Waals surface area contributed by atoms with Crippen molar-refractivity contribution in [3.8, 4) is 11.4 Å². The van der Waals surface area contributed by atoms with Gasteiger partial charge in [-0.1, -0.05) is 6.58 Å². The van der Waals surface area contributed by atoms with E-state index in [2.05, 4.69) is 11.6 Å². The molecule has 0 amide bonds. The normalized spacial score (nSPS) is 22.9. The summed E-state index contributed by atoms with van der Waals surface area (Å²) in [4.78, 5) is 4.36. The van der Waals surface area contributed by atoms with Crippen molar-refractivity contribution in [2.75, 3.05) is 13.2 Å². The molecule has 1 fully saturated rings. The van der Waals surface area contributed by atoms with Gasteiger partial charge in [0.25, 0.3) is 0 Å². The van der Waals surface area contributed by atoms with Gasteiger partial charge in [0.15, 0.2) is 0 Å². The van der Waals surface area contributed by atoms with Crippen LogP contribution in [0.5, 0.6) is 0 Å². The number of hydrogen-bond donors (Lipinski definition) is 1. The molecule has 0 aromatic carbocycles. The van der Waals surface area contributed by atoms with Crippen molar-refractivity contribution in [2.24, 2.45) is 0 Å². The zero-order valence-electron chi connectivity index (χ0n) is 11.1. The number of nitrogens with one attached hydrogen (secondary N) is 1. The van der Waals surface area contributed by atoms with Crippen molar-refractivity contribution < 1.29 is 9.13 Å². The molecule has 0 saturated carbocycles. The summed E-state index contributed by atoms with van der Waals surface area (Å²) >= 11 is 0. The molecule has 5 heteroatoms. The first-order valence-corrected chi connectivity index (χ1v) is 6.61. The number of alkyl halides is 1. The Hall–Kier alpha value is -2.01. The molecule has 2 atom stereocenters. The molecule has 1 saturated heterocycles. The largest absolute Gasteiger partial charge is 0.378 e. The Balaban J connectivity index is 2.03. The van der Waals surface area contributed by atoms with Crippen LogP contribution >= 0.6 is 0 Å². The second-order valence-electron chi connectivity index (χ2n) is 4.89. The number of ether oxygens (including phenoxy) is 1. The topological polar surface area (TPSA) is 50.9 Å². The zero-order valence-corrected chi connectivity index (χ0v) is 11.1. The highest BCUT2D eigenvalue weighted by atomic mass is 19.1. The van der Waals surface area contributed by atoms with Crippen molar-refractivity contribution in [2.45, 2.75) is 18.6 Å². The van der Waals surface area contributed by atoms with E-state index in [-0.39, 0.29) is 12.6 Å². The van der Waals surface area contributed by atoms with Gasteiger partial charge in [0, 0.05) is 30.1 Å². The first-order valence-electron chi connectivity index (χ1n) is 6.61. The van der Waals surface area contributed by atoms with E-state index in [0.717, 1.165) is 11.1 Å². The maximum absolute atomic E-state index is 14.1. The molecule has 0 bridgehead atoms. The minimum Gasteiger partial charge on any atom is -0.378 e. The van der Waals surface area contributed by atoms with Gasteiger partial charge in [-0.15, -0.1) is 0 Å². The van der Waals surface area contributed by atoms with Gasteiger partial charge in [0.2, 0.25) is 0 Å². The summed E-state index contributed by atoms with van der Waals surface area (Å²) in [6, 6.07) is 3.51. The molecule has 3 rings (SSSR count). The molecule has 3 aliphatic heterocycles. The van der Waals surface area contributed by atoms with Crippen LogP contribution < -0.4 is 0 Å². The van der Waals surface area contributed by atoms with E-state index < -0.39 is 6.17 Å². The molecule has 3 heterocycles. The van der Waals surface area contributed by atoms with Crippen LogP contribution in [0.15, 0.2) is 37.2 Å². The molecule has 0 aromatic rings. The van der Waals surface area contributed by atoms with E-state index >= 15 is 0 Å².